The van der Waals surface area contributed by atoms with Gasteiger partial charge in [-0.25, -0.2) is 0 Å². The van der Waals surface area contributed by atoms with Gasteiger partial charge < -0.3 is 5.32 Å². The zero-order valence-electron chi connectivity index (χ0n) is 15.2. The third kappa shape index (κ3) is 4.58. The van der Waals surface area contributed by atoms with Crippen LogP contribution in [0.4, 0.5) is 5.69 Å². The number of nitrogens with one attached hydrogen (secondary N) is 1. The molecule has 3 rings (SSSR count). The molecular formula is C20H18Cl2N4OS. The first-order chi connectivity index (χ1) is 13.5. The third-order valence-electron chi connectivity index (χ3n) is 3.97. The fraction of sp³-hybridized carbons (Fsp3) is 0.150. The van der Waals surface area contributed by atoms with Gasteiger partial charge in [-0.15, -0.1) is 16.8 Å². The summed E-state index contributed by atoms with van der Waals surface area (Å²) in [6, 6.07) is 13.1. The van der Waals surface area contributed by atoms with Crippen LogP contribution < -0.4 is 5.32 Å². The first-order valence-electron chi connectivity index (χ1n) is 8.48. The van der Waals surface area contributed by atoms with E-state index in [2.05, 4.69) is 22.1 Å². The highest BCUT2D eigenvalue weighted by molar-refractivity contribution is 7.99. The van der Waals surface area contributed by atoms with Crippen LogP contribution in [0, 0.1) is 6.92 Å². The van der Waals surface area contributed by atoms with E-state index in [-0.39, 0.29) is 11.7 Å². The van der Waals surface area contributed by atoms with Gasteiger partial charge in [0.1, 0.15) is 0 Å². The molecular weight excluding hydrogens is 415 g/mol. The SMILES string of the molecule is C=CCn1c(SCC(=O)Nc2cccc(Cl)c2Cl)nnc1-c1ccccc1C. The largest absolute Gasteiger partial charge is 0.324 e. The van der Waals surface area contributed by atoms with E-state index in [1.54, 1.807) is 24.3 Å². The van der Waals surface area contributed by atoms with E-state index in [0.717, 1.165) is 17.0 Å². The second-order valence-electron chi connectivity index (χ2n) is 5.96. The summed E-state index contributed by atoms with van der Waals surface area (Å²) < 4.78 is 1.94. The molecule has 144 valence electrons. The number of amides is 1. The molecule has 0 radical (unpaired) electrons. The first kappa shape index (κ1) is 20.5. The molecule has 0 saturated heterocycles. The van der Waals surface area contributed by atoms with Crippen LogP contribution in [0.25, 0.3) is 11.4 Å². The van der Waals surface area contributed by atoms with Crippen molar-refractivity contribution < 1.29 is 4.79 Å². The molecule has 0 aliphatic rings. The molecule has 0 aliphatic heterocycles. The van der Waals surface area contributed by atoms with Gasteiger partial charge in [0.25, 0.3) is 0 Å². The Morgan fingerprint density at radius 3 is 2.75 bits per heavy atom. The minimum Gasteiger partial charge on any atom is -0.324 e. The Hall–Kier alpha value is -2.28. The lowest BCUT2D eigenvalue weighted by molar-refractivity contribution is -0.113. The van der Waals surface area contributed by atoms with Crippen molar-refractivity contribution in [2.24, 2.45) is 0 Å². The topological polar surface area (TPSA) is 59.8 Å². The van der Waals surface area contributed by atoms with Gasteiger partial charge in [-0.05, 0) is 24.6 Å². The number of thioether (sulfide) groups is 1. The number of nitrogens with zero attached hydrogens (tertiary/aromatic N) is 3. The highest BCUT2D eigenvalue weighted by Gasteiger charge is 2.16. The molecule has 3 aromatic rings. The Morgan fingerprint density at radius 2 is 2.00 bits per heavy atom. The summed E-state index contributed by atoms with van der Waals surface area (Å²) in [7, 11) is 0. The summed E-state index contributed by atoms with van der Waals surface area (Å²) in [6.07, 6.45) is 1.78. The second kappa shape index (κ2) is 9.28. The van der Waals surface area contributed by atoms with Crippen molar-refractivity contribution in [2.75, 3.05) is 11.1 Å². The molecule has 0 spiro atoms. The maximum atomic E-state index is 12.3. The van der Waals surface area contributed by atoms with Crippen LogP contribution in [0.3, 0.4) is 0 Å². The molecule has 0 bridgehead atoms. The minimum absolute atomic E-state index is 0.159. The van der Waals surface area contributed by atoms with Crippen molar-refractivity contribution in [1.29, 1.82) is 0 Å². The van der Waals surface area contributed by atoms with Crippen LogP contribution in [-0.4, -0.2) is 26.4 Å². The zero-order chi connectivity index (χ0) is 20.1. The summed E-state index contributed by atoms with van der Waals surface area (Å²) in [5.74, 6) is 0.699. The predicted octanol–water partition coefficient (Wildman–Crippen LogP) is 5.48. The van der Waals surface area contributed by atoms with Crippen molar-refractivity contribution in [3.8, 4) is 11.4 Å². The summed E-state index contributed by atoms with van der Waals surface area (Å²) in [5, 5.41) is 12.7. The maximum Gasteiger partial charge on any atom is 0.234 e. The monoisotopic (exact) mass is 432 g/mol. The van der Waals surface area contributed by atoms with Gasteiger partial charge in [0.05, 0.1) is 21.5 Å². The summed E-state index contributed by atoms with van der Waals surface area (Å²) in [6.45, 7) is 6.38. The average molecular weight is 433 g/mol. The van der Waals surface area contributed by atoms with E-state index >= 15 is 0 Å². The molecule has 0 fully saturated rings. The average Bonchev–Trinajstić information content (AvgIpc) is 3.07. The van der Waals surface area contributed by atoms with Crippen molar-refractivity contribution in [1.82, 2.24) is 14.8 Å². The molecule has 0 unspecified atom stereocenters. The molecule has 0 aliphatic carbocycles. The van der Waals surface area contributed by atoms with Crippen molar-refractivity contribution in [3.63, 3.8) is 0 Å². The first-order valence-corrected chi connectivity index (χ1v) is 10.2. The normalized spacial score (nSPS) is 10.7. The number of aryl methyl sites for hydroxylation is 1. The Balaban J connectivity index is 1.75. The quantitative estimate of drug-likeness (QED) is 0.396. The second-order valence-corrected chi connectivity index (χ2v) is 7.69. The Labute approximate surface area is 177 Å². The lowest BCUT2D eigenvalue weighted by atomic mass is 10.1. The van der Waals surface area contributed by atoms with E-state index in [4.69, 9.17) is 23.2 Å². The van der Waals surface area contributed by atoms with Crippen molar-refractivity contribution >= 4 is 46.6 Å². The van der Waals surface area contributed by atoms with Crippen LogP contribution in [-0.2, 0) is 11.3 Å². The highest BCUT2D eigenvalue weighted by atomic mass is 35.5. The van der Waals surface area contributed by atoms with E-state index in [0.29, 0.717) is 27.4 Å². The van der Waals surface area contributed by atoms with E-state index in [1.807, 2.05) is 35.8 Å². The third-order valence-corrected chi connectivity index (χ3v) is 5.76. The molecule has 1 amide bonds. The van der Waals surface area contributed by atoms with Gasteiger partial charge in [-0.1, -0.05) is 71.4 Å². The van der Waals surface area contributed by atoms with Crippen LogP contribution in [0.15, 0.2) is 60.3 Å². The van der Waals surface area contributed by atoms with Gasteiger partial charge in [-0.2, -0.15) is 0 Å². The fourth-order valence-electron chi connectivity index (χ4n) is 2.63. The van der Waals surface area contributed by atoms with E-state index in [9.17, 15) is 4.79 Å². The molecule has 8 heteroatoms. The number of hydrogen-bond acceptors (Lipinski definition) is 4. The molecule has 5 nitrogen and oxygen atoms in total. The van der Waals surface area contributed by atoms with Crippen LogP contribution in [0.1, 0.15) is 5.56 Å². The van der Waals surface area contributed by atoms with Gasteiger partial charge >= 0.3 is 0 Å². The number of carbonyl (C=O) groups is 1. The number of anilines is 1. The Bertz CT molecular complexity index is 1020. The molecule has 1 heterocycles. The number of rotatable bonds is 7. The molecule has 1 aromatic heterocycles. The number of halogens is 2. The number of aromatic nitrogens is 3. The smallest absolute Gasteiger partial charge is 0.234 e. The molecule has 28 heavy (non-hydrogen) atoms. The fourth-order valence-corrected chi connectivity index (χ4v) is 3.72. The number of hydrogen-bond donors (Lipinski definition) is 1. The van der Waals surface area contributed by atoms with Crippen molar-refractivity contribution in [2.45, 2.75) is 18.6 Å². The van der Waals surface area contributed by atoms with Gasteiger partial charge in [0.15, 0.2) is 11.0 Å². The lowest BCUT2D eigenvalue weighted by Crippen LogP contribution is -2.15. The van der Waals surface area contributed by atoms with Crippen LogP contribution >= 0.6 is 35.0 Å². The standard InChI is InChI=1S/C20H18Cl2N4OS/c1-3-11-26-19(14-8-5-4-7-13(14)2)24-25-20(26)28-12-17(27)23-16-10-6-9-15(21)18(16)22/h3-10H,1,11-12H2,2H3,(H,23,27). The molecule has 0 atom stereocenters. The number of benzene rings is 2. The highest BCUT2D eigenvalue weighted by Crippen LogP contribution is 2.30. The predicted molar refractivity (Wildman–Crippen MR) is 116 cm³/mol. The lowest BCUT2D eigenvalue weighted by Gasteiger charge is -2.10. The maximum absolute atomic E-state index is 12.3. The molecule has 0 saturated carbocycles. The van der Waals surface area contributed by atoms with Crippen LogP contribution in [0.2, 0.25) is 10.0 Å². The summed E-state index contributed by atoms with van der Waals surface area (Å²) >= 11 is 13.4. The van der Waals surface area contributed by atoms with Gasteiger partial charge in [0, 0.05) is 12.1 Å². The molecule has 1 N–H and O–H groups in total. The van der Waals surface area contributed by atoms with Crippen molar-refractivity contribution in [3.05, 3.63) is 70.7 Å². The number of allylic oxidation sites excluding steroid dienone is 1. The van der Waals surface area contributed by atoms with Gasteiger partial charge in [0.2, 0.25) is 5.91 Å². The summed E-state index contributed by atoms with van der Waals surface area (Å²) in [5.41, 5.74) is 2.58. The number of carbonyl (C=O) groups excluding carboxylic acids is 1. The van der Waals surface area contributed by atoms with E-state index < -0.39 is 0 Å². The summed E-state index contributed by atoms with van der Waals surface area (Å²) in [4.78, 5) is 12.3. The van der Waals surface area contributed by atoms with Crippen LogP contribution in [0.5, 0.6) is 0 Å². The van der Waals surface area contributed by atoms with E-state index in [1.165, 1.54) is 11.8 Å². The minimum atomic E-state index is -0.209. The Morgan fingerprint density at radius 1 is 1.21 bits per heavy atom. The molecule has 2 aromatic carbocycles. The Kier molecular flexibility index (Phi) is 6.78. The zero-order valence-corrected chi connectivity index (χ0v) is 17.5. The van der Waals surface area contributed by atoms with Gasteiger partial charge in [-0.3, -0.25) is 9.36 Å².